The maximum absolute atomic E-state index is 11.0. The topological polar surface area (TPSA) is 92.4 Å². The second-order valence-corrected chi connectivity index (χ2v) is 3.34. The fourth-order valence-electron chi connectivity index (χ4n) is 1.22. The summed E-state index contributed by atoms with van der Waals surface area (Å²) in [6.07, 6.45) is 0.592. The predicted octanol–water partition coefficient (Wildman–Crippen LogP) is 0.601. The number of carbonyl (C=O) groups is 2. The molecule has 0 aromatic heterocycles. The van der Waals surface area contributed by atoms with E-state index in [0.717, 1.165) is 5.56 Å². The van der Waals surface area contributed by atoms with E-state index < -0.39 is 5.97 Å². The van der Waals surface area contributed by atoms with E-state index >= 15 is 0 Å². The summed E-state index contributed by atoms with van der Waals surface area (Å²) in [6, 6.07) is 7.03. The highest BCUT2D eigenvalue weighted by atomic mass is 16.4. The summed E-state index contributed by atoms with van der Waals surface area (Å²) in [4.78, 5) is 21.3. The van der Waals surface area contributed by atoms with Crippen LogP contribution in [0.5, 0.6) is 0 Å². The largest absolute Gasteiger partial charge is 0.481 e. The second kappa shape index (κ2) is 5.87. The van der Waals surface area contributed by atoms with Crippen molar-refractivity contribution in [3.05, 3.63) is 29.8 Å². The molecule has 0 radical (unpaired) electrons. The van der Waals surface area contributed by atoms with Crippen molar-refractivity contribution in [1.82, 2.24) is 0 Å². The third-order valence-electron chi connectivity index (χ3n) is 2.05. The normalized spacial score (nSPS) is 9.81. The molecule has 0 spiro atoms. The number of nitrogens with two attached hydrogens (primary N) is 1. The molecular formula is C11H14N2O3. The summed E-state index contributed by atoms with van der Waals surface area (Å²) in [5.74, 6) is -1.07. The first-order valence-corrected chi connectivity index (χ1v) is 4.92. The molecular weight excluding hydrogens is 208 g/mol. The summed E-state index contributed by atoms with van der Waals surface area (Å²) in [5, 5.41) is 11.1. The summed E-state index contributed by atoms with van der Waals surface area (Å²) in [5.41, 5.74) is 6.74. The molecule has 1 rings (SSSR count). The Morgan fingerprint density at radius 3 is 2.38 bits per heavy atom. The van der Waals surface area contributed by atoms with Crippen LogP contribution >= 0.6 is 0 Å². The Morgan fingerprint density at radius 1 is 1.25 bits per heavy atom. The molecule has 0 saturated carbocycles. The monoisotopic (exact) mass is 222 g/mol. The van der Waals surface area contributed by atoms with E-state index in [0.29, 0.717) is 12.1 Å². The molecule has 86 valence electrons. The molecule has 4 N–H and O–H groups in total. The lowest BCUT2D eigenvalue weighted by molar-refractivity contribution is -0.137. The van der Waals surface area contributed by atoms with Crippen molar-refractivity contribution in [3.8, 4) is 0 Å². The second-order valence-electron chi connectivity index (χ2n) is 3.34. The molecule has 0 unspecified atom stereocenters. The average Bonchev–Trinajstić information content (AvgIpc) is 2.28. The van der Waals surface area contributed by atoms with Crippen LogP contribution in [0.4, 0.5) is 5.69 Å². The fraction of sp³-hybridized carbons (Fsp3) is 0.273. The van der Waals surface area contributed by atoms with Gasteiger partial charge < -0.3 is 16.2 Å². The van der Waals surface area contributed by atoms with Gasteiger partial charge in [-0.2, -0.15) is 0 Å². The van der Waals surface area contributed by atoms with Crippen LogP contribution in [-0.4, -0.2) is 23.5 Å². The van der Waals surface area contributed by atoms with E-state index in [9.17, 15) is 9.59 Å². The molecule has 1 amide bonds. The molecule has 0 atom stereocenters. The minimum Gasteiger partial charge on any atom is -0.481 e. The Kier molecular flexibility index (Phi) is 4.47. The van der Waals surface area contributed by atoms with Crippen molar-refractivity contribution < 1.29 is 14.7 Å². The molecule has 0 fully saturated rings. The third kappa shape index (κ3) is 4.10. The number of aryl methyl sites for hydroxylation is 1. The van der Waals surface area contributed by atoms with E-state index in [2.05, 4.69) is 5.32 Å². The van der Waals surface area contributed by atoms with Gasteiger partial charge in [0, 0.05) is 12.1 Å². The van der Waals surface area contributed by atoms with Gasteiger partial charge in [0.25, 0.3) is 0 Å². The maximum atomic E-state index is 11.0. The number of hydrogen-bond donors (Lipinski definition) is 3. The molecule has 0 bridgehead atoms. The van der Waals surface area contributed by atoms with Gasteiger partial charge in [-0.25, -0.2) is 0 Å². The molecule has 0 aliphatic rings. The number of hydrogen-bond acceptors (Lipinski definition) is 3. The molecule has 0 heterocycles. The van der Waals surface area contributed by atoms with Gasteiger partial charge in [0.05, 0.1) is 6.54 Å². The van der Waals surface area contributed by atoms with Gasteiger partial charge in [0.2, 0.25) is 5.91 Å². The summed E-state index contributed by atoms with van der Waals surface area (Å²) >= 11 is 0. The number of rotatable bonds is 5. The first kappa shape index (κ1) is 12.2. The fourth-order valence-corrected chi connectivity index (χ4v) is 1.22. The lowest BCUT2D eigenvalue weighted by atomic mass is 10.1. The van der Waals surface area contributed by atoms with Crippen molar-refractivity contribution in [3.63, 3.8) is 0 Å². The number of carbonyl (C=O) groups excluding carboxylic acids is 1. The Morgan fingerprint density at radius 2 is 1.88 bits per heavy atom. The van der Waals surface area contributed by atoms with Crippen LogP contribution in [0.1, 0.15) is 12.0 Å². The van der Waals surface area contributed by atoms with Crippen molar-refractivity contribution in [2.75, 3.05) is 11.9 Å². The quantitative estimate of drug-likeness (QED) is 0.680. The van der Waals surface area contributed by atoms with Gasteiger partial charge >= 0.3 is 5.97 Å². The number of anilines is 1. The number of carboxylic acids is 1. The van der Waals surface area contributed by atoms with Crippen LogP contribution < -0.4 is 11.1 Å². The standard InChI is InChI=1S/C11H14N2O3/c12-7-10(14)13-9-4-1-8(2-5-9)3-6-11(15)16/h1-2,4-5H,3,6-7,12H2,(H,13,14)(H,15,16). The smallest absolute Gasteiger partial charge is 0.303 e. The molecule has 1 aromatic carbocycles. The number of amides is 1. The Hall–Kier alpha value is -1.88. The van der Waals surface area contributed by atoms with Crippen LogP contribution in [0.3, 0.4) is 0 Å². The van der Waals surface area contributed by atoms with E-state index in [1.165, 1.54) is 0 Å². The number of benzene rings is 1. The molecule has 1 aromatic rings. The van der Waals surface area contributed by atoms with E-state index in [-0.39, 0.29) is 18.9 Å². The minimum absolute atomic E-state index is 0.0548. The van der Waals surface area contributed by atoms with Gasteiger partial charge in [-0.1, -0.05) is 12.1 Å². The Bertz CT molecular complexity index is 373. The van der Waals surface area contributed by atoms with Gasteiger partial charge in [-0.3, -0.25) is 9.59 Å². The van der Waals surface area contributed by atoms with E-state index in [4.69, 9.17) is 10.8 Å². The maximum Gasteiger partial charge on any atom is 0.303 e. The third-order valence-corrected chi connectivity index (χ3v) is 2.05. The van der Waals surface area contributed by atoms with Crippen molar-refractivity contribution in [2.24, 2.45) is 5.73 Å². The highest BCUT2D eigenvalue weighted by Crippen LogP contribution is 2.10. The molecule has 5 heteroatoms. The zero-order chi connectivity index (χ0) is 12.0. The number of nitrogens with one attached hydrogen (secondary N) is 1. The SMILES string of the molecule is NCC(=O)Nc1ccc(CCC(=O)O)cc1. The van der Waals surface area contributed by atoms with Crippen LogP contribution in [0.15, 0.2) is 24.3 Å². The minimum atomic E-state index is -0.819. The summed E-state index contributed by atoms with van der Waals surface area (Å²) in [7, 11) is 0. The van der Waals surface area contributed by atoms with Crippen molar-refractivity contribution in [2.45, 2.75) is 12.8 Å². The molecule has 5 nitrogen and oxygen atoms in total. The number of carboxylic acid groups (broad SMARTS) is 1. The first-order valence-electron chi connectivity index (χ1n) is 4.92. The lowest BCUT2D eigenvalue weighted by Crippen LogP contribution is -2.21. The Balaban J connectivity index is 2.54. The van der Waals surface area contributed by atoms with Crippen LogP contribution in [0, 0.1) is 0 Å². The summed E-state index contributed by atoms with van der Waals surface area (Å²) in [6.45, 7) is -0.0548. The van der Waals surface area contributed by atoms with Gasteiger partial charge in [0.1, 0.15) is 0 Å². The van der Waals surface area contributed by atoms with Crippen LogP contribution in [0.2, 0.25) is 0 Å². The zero-order valence-corrected chi connectivity index (χ0v) is 8.77. The van der Waals surface area contributed by atoms with Crippen LogP contribution in [-0.2, 0) is 16.0 Å². The van der Waals surface area contributed by atoms with Gasteiger partial charge in [0.15, 0.2) is 0 Å². The van der Waals surface area contributed by atoms with Crippen molar-refractivity contribution in [1.29, 1.82) is 0 Å². The summed E-state index contributed by atoms with van der Waals surface area (Å²) < 4.78 is 0. The lowest BCUT2D eigenvalue weighted by Gasteiger charge is -2.04. The molecule has 0 aliphatic carbocycles. The molecule has 16 heavy (non-hydrogen) atoms. The molecule has 0 aliphatic heterocycles. The van der Waals surface area contributed by atoms with Crippen LogP contribution in [0.25, 0.3) is 0 Å². The first-order chi connectivity index (χ1) is 7.61. The number of aliphatic carboxylic acids is 1. The average molecular weight is 222 g/mol. The van der Waals surface area contributed by atoms with E-state index in [1.807, 2.05) is 0 Å². The van der Waals surface area contributed by atoms with Crippen molar-refractivity contribution >= 4 is 17.6 Å². The predicted molar refractivity (Wildman–Crippen MR) is 60.1 cm³/mol. The highest BCUT2D eigenvalue weighted by molar-refractivity contribution is 5.92. The van der Waals surface area contributed by atoms with Gasteiger partial charge in [-0.15, -0.1) is 0 Å². The van der Waals surface area contributed by atoms with E-state index in [1.54, 1.807) is 24.3 Å². The zero-order valence-electron chi connectivity index (χ0n) is 8.77. The molecule has 0 saturated heterocycles. The Labute approximate surface area is 93.3 Å². The van der Waals surface area contributed by atoms with Gasteiger partial charge in [-0.05, 0) is 24.1 Å². The highest BCUT2D eigenvalue weighted by Gasteiger charge is 2.01.